The van der Waals surface area contributed by atoms with E-state index < -0.39 is 0 Å². The van der Waals surface area contributed by atoms with E-state index >= 15 is 0 Å². The van der Waals surface area contributed by atoms with E-state index in [-0.39, 0.29) is 6.10 Å². The molecule has 0 bridgehead atoms. The van der Waals surface area contributed by atoms with Crippen LogP contribution in [-0.2, 0) is 6.54 Å². The van der Waals surface area contributed by atoms with Crippen LogP contribution in [0.25, 0.3) is 0 Å². The van der Waals surface area contributed by atoms with Gasteiger partial charge >= 0.3 is 0 Å². The first kappa shape index (κ1) is 15.2. The van der Waals surface area contributed by atoms with Gasteiger partial charge in [0.05, 0.1) is 13.2 Å². The molecule has 3 nitrogen and oxygen atoms in total. The van der Waals surface area contributed by atoms with Crippen molar-refractivity contribution < 1.29 is 9.47 Å². The van der Waals surface area contributed by atoms with Crippen molar-refractivity contribution in [3.8, 4) is 11.5 Å². The van der Waals surface area contributed by atoms with Crippen LogP contribution in [0, 0.1) is 0 Å². The van der Waals surface area contributed by atoms with Crippen molar-refractivity contribution in [2.75, 3.05) is 12.4 Å². The lowest BCUT2D eigenvalue weighted by Gasteiger charge is -2.14. The highest BCUT2D eigenvalue weighted by atomic mass is 16.5. The van der Waals surface area contributed by atoms with Gasteiger partial charge in [0.2, 0.25) is 0 Å². The Morgan fingerprint density at radius 2 is 1.81 bits per heavy atom. The molecule has 0 fully saturated rings. The van der Waals surface area contributed by atoms with Crippen LogP contribution in [0.1, 0.15) is 25.8 Å². The summed E-state index contributed by atoms with van der Waals surface area (Å²) in [6.07, 6.45) is 1.24. The van der Waals surface area contributed by atoms with Crippen molar-refractivity contribution in [3.63, 3.8) is 0 Å². The van der Waals surface area contributed by atoms with Gasteiger partial charge in [-0.25, -0.2) is 0 Å². The fraction of sp³-hybridized carbons (Fsp3) is 0.333. The first-order valence-electron chi connectivity index (χ1n) is 7.34. The average molecular weight is 285 g/mol. The number of nitrogens with one attached hydrogen (secondary N) is 1. The molecule has 3 heteroatoms. The molecule has 0 saturated heterocycles. The molecule has 2 aromatic rings. The summed E-state index contributed by atoms with van der Waals surface area (Å²) in [6.45, 7) is 4.95. The minimum absolute atomic E-state index is 0.235. The molecule has 1 atom stereocenters. The Balaban J connectivity index is 1.97. The third kappa shape index (κ3) is 4.71. The molecule has 0 heterocycles. The van der Waals surface area contributed by atoms with Crippen molar-refractivity contribution in [2.24, 2.45) is 0 Å². The normalized spacial score (nSPS) is 11.8. The van der Waals surface area contributed by atoms with Crippen LogP contribution in [0.15, 0.2) is 48.5 Å². The maximum absolute atomic E-state index is 5.83. The highest BCUT2D eigenvalue weighted by Gasteiger charge is 2.02. The fourth-order valence-electron chi connectivity index (χ4n) is 1.98. The summed E-state index contributed by atoms with van der Waals surface area (Å²) in [5, 5.41) is 3.41. The quantitative estimate of drug-likeness (QED) is 0.813. The van der Waals surface area contributed by atoms with Gasteiger partial charge in [-0.1, -0.05) is 25.1 Å². The molecular formula is C18H23NO2. The molecule has 21 heavy (non-hydrogen) atoms. The van der Waals surface area contributed by atoms with Crippen molar-refractivity contribution >= 4 is 5.69 Å². The fourth-order valence-corrected chi connectivity index (χ4v) is 1.98. The van der Waals surface area contributed by atoms with E-state index in [1.54, 1.807) is 7.11 Å². The van der Waals surface area contributed by atoms with Crippen LogP contribution in [0.3, 0.4) is 0 Å². The Labute approximate surface area is 126 Å². The second-order valence-corrected chi connectivity index (χ2v) is 5.07. The van der Waals surface area contributed by atoms with E-state index in [0.29, 0.717) is 0 Å². The molecule has 0 aliphatic rings. The molecule has 0 aromatic heterocycles. The third-order valence-corrected chi connectivity index (χ3v) is 3.38. The number of hydrogen-bond acceptors (Lipinski definition) is 3. The standard InChI is InChI=1S/C18H23NO2/c1-4-14(2)21-18-10-6-8-16(12-18)19-13-15-7-5-9-17(11-15)20-3/h5-12,14,19H,4,13H2,1-3H3. The molecule has 0 spiro atoms. The summed E-state index contributed by atoms with van der Waals surface area (Å²) in [5.41, 5.74) is 2.24. The number of methoxy groups -OCH3 is 1. The highest BCUT2D eigenvalue weighted by Crippen LogP contribution is 2.20. The van der Waals surface area contributed by atoms with Gasteiger partial charge in [-0.2, -0.15) is 0 Å². The Morgan fingerprint density at radius 1 is 1.05 bits per heavy atom. The van der Waals surface area contributed by atoms with Crippen LogP contribution in [0.5, 0.6) is 11.5 Å². The van der Waals surface area contributed by atoms with Crippen molar-refractivity contribution in [3.05, 3.63) is 54.1 Å². The van der Waals surface area contributed by atoms with E-state index in [2.05, 4.69) is 25.2 Å². The molecular weight excluding hydrogens is 262 g/mol. The molecule has 1 N–H and O–H groups in total. The van der Waals surface area contributed by atoms with E-state index in [9.17, 15) is 0 Å². The van der Waals surface area contributed by atoms with Gasteiger partial charge < -0.3 is 14.8 Å². The first-order chi connectivity index (χ1) is 10.2. The van der Waals surface area contributed by atoms with E-state index in [4.69, 9.17) is 9.47 Å². The van der Waals surface area contributed by atoms with E-state index in [1.165, 1.54) is 5.56 Å². The third-order valence-electron chi connectivity index (χ3n) is 3.38. The second-order valence-electron chi connectivity index (χ2n) is 5.07. The summed E-state index contributed by atoms with van der Waals surface area (Å²) in [5.74, 6) is 1.78. The zero-order chi connectivity index (χ0) is 15.1. The number of hydrogen-bond donors (Lipinski definition) is 1. The zero-order valence-electron chi connectivity index (χ0n) is 12.9. The lowest BCUT2D eigenvalue weighted by Crippen LogP contribution is -2.09. The van der Waals surface area contributed by atoms with Crippen LogP contribution in [-0.4, -0.2) is 13.2 Å². The van der Waals surface area contributed by atoms with Crippen LogP contribution >= 0.6 is 0 Å². The number of rotatable bonds is 7. The number of benzene rings is 2. The largest absolute Gasteiger partial charge is 0.497 e. The van der Waals surface area contributed by atoms with Gasteiger partial charge in [-0.3, -0.25) is 0 Å². The van der Waals surface area contributed by atoms with Gasteiger partial charge in [0.1, 0.15) is 11.5 Å². The van der Waals surface area contributed by atoms with Gasteiger partial charge in [0.25, 0.3) is 0 Å². The lowest BCUT2D eigenvalue weighted by molar-refractivity contribution is 0.217. The SMILES string of the molecule is CCC(C)Oc1cccc(NCc2cccc(OC)c2)c1. The Morgan fingerprint density at radius 3 is 2.57 bits per heavy atom. The maximum atomic E-state index is 5.83. The predicted octanol–water partition coefficient (Wildman–Crippen LogP) is 4.48. The summed E-state index contributed by atoms with van der Waals surface area (Å²) < 4.78 is 11.1. The molecule has 112 valence electrons. The van der Waals surface area contributed by atoms with Crippen LogP contribution in [0.2, 0.25) is 0 Å². The van der Waals surface area contributed by atoms with Gasteiger partial charge in [-0.15, -0.1) is 0 Å². The Bertz CT molecular complexity index is 569. The number of anilines is 1. The second kappa shape index (κ2) is 7.58. The minimum atomic E-state index is 0.235. The predicted molar refractivity (Wildman–Crippen MR) is 87.1 cm³/mol. The van der Waals surface area contributed by atoms with Crippen molar-refractivity contribution in [1.29, 1.82) is 0 Å². The van der Waals surface area contributed by atoms with E-state index in [0.717, 1.165) is 30.2 Å². The number of ether oxygens (including phenoxy) is 2. The van der Waals surface area contributed by atoms with Crippen LogP contribution < -0.4 is 14.8 Å². The topological polar surface area (TPSA) is 30.5 Å². The highest BCUT2D eigenvalue weighted by molar-refractivity contribution is 5.48. The average Bonchev–Trinajstić information content (AvgIpc) is 2.53. The molecule has 0 amide bonds. The Hall–Kier alpha value is -2.16. The summed E-state index contributed by atoms with van der Waals surface area (Å²) in [7, 11) is 1.68. The monoisotopic (exact) mass is 285 g/mol. The molecule has 0 radical (unpaired) electrons. The summed E-state index contributed by atoms with van der Waals surface area (Å²) >= 11 is 0. The van der Waals surface area contributed by atoms with Gasteiger partial charge in [-0.05, 0) is 43.2 Å². The minimum Gasteiger partial charge on any atom is -0.497 e. The van der Waals surface area contributed by atoms with Crippen molar-refractivity contribution in [1.82, 2.24) is 0 Å². The first-order valence-corrected chi connectivity index (χ1v) is 7.34. The molecule has 0 saturated carbocycles. The zero-order valence-corrected chi connectivity index (χ0v) is 12.9. The maximum Gasteiger partial charge on any atom is 0.121 e. The van der Waals surface area contributed by atoms with Gasteiger partial charge in [0, 0.05) is 18.3 Å². The Kier molecular flexibility index (Phi) is 5.50. The molecule has 0 aliphatic heterocycles. The molecule has 0 aliphatic carbocycles. The van der Waals surface area contributed by atoms with Crippen molar-refractivity contribution in [2.45, 2.75) is 32.9 Å². The van der Waals surface area contributed by atoms with Gasteiger partial charge in [0.15, 0.2) is 0 Å². The summed E-state index contributed by atoms with van der Waals surface area (Å²) in [6, 6.07) is 16.1. The molecule has 2 rings (SSSR count). The smallest absolute Gasteiger partial charge is 0.121 e. The lowest BCUT2D eigenvalue weighted by atomic mass is 10.2. The molecule has 1 unspecified atom stereocenters. The molecule has 2 aromatic carbocycles. The van der Waals surface area contributed by atoms with E-state index in [1.807, 2.05) is 42.5 Å². The van der Waals surface area contributed by atoms with Crippen LogP contribution in [0.4, 0.5) is 5.69 Å². The summed E-state index contributed by atoms with van der Waals surface area (Å²) in [4.78, 5) is 0.